The molecule has 0 bridgehead atoms. The average Bonchev–Trinajstić information content (AvgIpc) is 3.38. The number of nitrogens with one attached hydrogen (secondary N) is 1. The van der Waals surface area contributed by atoms with E-state index in [0.717, 1.165) is 33.2 Å². The van der Waals surface area contributed by atoms with Gasteiger partial charge in [-0.05, 0) is 54.7 Å². The molecule has 0 aliphatic heterocycles. The minimum absolute atomic E-state index is 0.0202. The maximum Gasteiger partial charge on any atom is 0.407 e. The van der Waals surface area contributed by atoms with Crippen molar-refractivity contribution >= 4 is 28.9 Å². The first-order chi connectivity index (χ1) is 22.3. The van der Waals surface area contributed by atoms with E-state index >= 15 is 0 Å². The van der Waals surface area contributed by atoms with Crippen LogP contribution in [0.2, 0.25) is 0 Å². The molecule has 1 aliphatic carbocycles. The number of hydrogen-bond donors (Lipinski definition) is 2. The second-order valence-electron chi connectivity index (χ2n) is 11.1. The molecule has 3 aromatic carbocycles. The van der Waals surface area contributed by atoms with E-state index in [4.69, 9.17) is 14.2 Å². The van der Waals surface area contributed by atoms with Crippen molar-refractivity contribution in [3.63, 3.8) is 0 Å². The van der Waals surface area contributed by atoms with Gasteiger partial charge in [-0.1, -0.05) is 72.8 Å². The Bertz CT molecular complexity index is 1640. The number of hydrogen-bond acceptors (Lipinski definition) is 7. The fraction of sp³-hybridized carbons (Fsp3) is 0.333. The van der Waals surface area contributed by atoms with Gasteiger partial charge >= 0.3 is 12.1 Å². The molecule has 0 radical (unpaired) electrons. The zero-order valence-electron chi connectivity index (χ0n) is 26.2. The van der Waals surface area contributed by atoms with Crippen LogP contribution in [0.15, 0.2) is 85.1 Å². The highest BCUT2D eigenvalue weighted by Gasteiger charge is 2.36. The second kappa shape index (κ2) is 15.0. The van der Waals surface area contributed by atoms with Crippen LogP contribution in [0.25, 0.3) is 22.0 Å². The molecule has 2 N–H and O–H groups in total. The fourth-order valence-corrected chi connectivity index (χ4v) is 6.06. The number of carbonyl (C=O) groups is 3. The van der Waals surface area contributed by atoms with Gasteiger partial charge in [0.25, 0.3) is 0 Å². The first-order valence-corrected chi connectivity index (χ1v) is 15.5. The molecule has 1 aromatic heterocycles. The van der Waals surface area contributed by atoms with Crippen LogP contribution in [0.1, 0.15) is 49.8 Å². The van der Waals surface area contributed by atoms with Gasteiger partial charge in [-0.2, -0.15) is 0 Å². The molecule has 4 aromatic rings. The zero-order chi connectivity index (χ0) is 32.6. The van der Waals surface area contributed by atoms with Crippen molar-refractivity contribution in [3.05, 3.63) is 102 Å². The Hall–Kier alpha value is -4.80. The highest BCUT2D eigenvalue weighted by molar-refractivity contribution is 5.90. The lowest BCUT2D eigenvalue weighted by atomic mass is 9.98. The van der Waals surface area contributed by atoms with Crippen molar-refractivity contribution in [2.45, 2.75) is 58.0 Å². The number of carbonyl (C=O) groups excluding carboxylic acids is 2. The molecule has 10 heteroatoms. The number of aromatic nitrogens is 1. The third-order valence-corrected chi connectivity index (χ3v) is 8.20. The first kappa shape index (κ1) is 32.6. The van der Waals surface area contributed by atoms with Crippen molar-refractivity contribution in [1.29, 1.82) is 0 Å². The molecule has 2 atom stereocenters. The molecule has 0 saturated heterocycles. The minimum Gasteiger partial charge on any atom is -0.481 e. The van der Waals surface area contributed by atoms with E-state index in [9.17, 15) is 19.5 Å². The van der Waals surface area contributed by atoms with Crippen molar-refractivity contribution in [1.82, 2.24) is 15.2 Å². The highest BCUT2D eigenvalue weighted by atomic mass is 16.7. The van der Waals surface area contributed by atoms with Crippen LogP contribution in [0, 0.1) is 0 Å². The molecule has 1 aliphatic rings. The number of para-hydroxylation sites is 1. The third-order valence-electron chi connectivity index (χ3n) is 8.20. The number of carboxylic acids is 1. The molecular weight excluding hydrogens is 586 g/mol. The number of benzene rings is 3. The number of alkyl carbamates (subject to hydrolysis) is 1. The lowest BCUT2D eigenvalue weighted by molar-refractivity contribution is -0.180. The van der Waals surface area contributed by atoms with E-state index in [1.165, 1.54) is 4.90 Å². The maximum atomic E-state index is 14.3. The van der Waals surface area contributed by atoms with Crippen molar-refractivity contribution in [2.75, 3.05) is 19.8 Å². The second-order valence-corrected chi connectivity index (χ2v) is 11.1. The van der Waals surface area contributed by atoms with E-state index in [-0.39, 0.29) is 19.1 Å². The third kappa shape index (κ3) is 7.19. The maximum absolute atomic E-state index is 14.3. The lowest BCUT2D eigenvalue weighted by Gasteiger charge is -2.36. The van der Waals surface area contributed by atoms with Gasteiger partial charge in [0, 0.05) is 37.3 Å². The van der Waals surface area contributed by atoms with Crippen LogP contribution in [-0.2, 0) is 30.3 Å². The molecule has 10 nitrogen and oxygen atoms in total. The number of ether oxygens (including phenoxy) is 3. The summed E-state index contributed by atoms with van der Waals surface area (Å²) in [5.74, 6) is -2.05. The Morgan fingerprint density at radius 3 is 2.15 bits per heavy atom. The largest absolute Gasteiger partial charge is 0.481 e. The Balaban J connectivity index is 1.39. The van der Waals surface area contributed by atoms with Gasteiger partial charge in [0.15, 0.2) is 6.29 Å². The predicted octanol–water partition coefficient (Wildman–Crippen LogP) is 5.73. The minimum atomic E-state index is -1.41. The van der Waals surface area contributed by atoms with Crippen LogP contribution in [0.5, 0.6) is 0 Å². The molecule has 0 fully saturated rings. The van der Waals surface area contributed by atoms with Gasteiger partial charge in [0.1, 0.15) is 12.6 Å². The number of fused-ring (bicyclic) bond motifs is 4. The van der Waals surface area contributed by atoms with E-state index in [1.54, 1.807) is 13.1 Å². The molecule has 0 spiro atoms. The fourth-order valence-electron chi connectivity index (χ4n) is 6.06. The summed E-state index contributed by atoms with van der Waals surface area (Å²) in [4.78, 5) is 45.5. The topological polar surface area (TPSA) is 127 Å². The number of pyridine rings is 1. The van der Waals surface area contributed by atoms with Crippen LogP contribution in [-0.4, -0.2) is 71.2 Å². The zero-order valence-corrected chi connectivity index (χ0v) is 26.2. The van der Waals surface area contributed by atoms with Gasteiger partial charge < -0.3 is 29.5 Å². The number of nitrogens with zero attached hydrogens (tertiary/aromatic N) is 2. The molecule has 2 unspecified atom stereocenters. The molecule has 46 heavy (non-hydrogen) atoms. The van der Waals surface area contributed by atoms with Gasteiger partial charge in [-0.15, -0.1) is 0 Å². The summed E-state index contributed by atoms with van der Waals surface area (Å²) < 4.78 is 17.3. The summed E-state index contributed by atoms with van der Waals surface area (Å²) in [6.45, 7) is 6.20. The SMILES string of the molecule is CCOC(OCC)C(C)N(Cc1cccc2cccnc12)C(=O)C(CC(=O)O)NC(=O)OCC1c2ccccc2-c2ccccc21. The highest BCUT2D eigenvalue weighted by Crippen LogP contribution is 2.44. The number of aliphatic carboxylic acids is 1. The molecule has 240 valence electrons. The van der Waals surface area contributed by atoms with E-state index in [1.807, 2.05) is 92.7 Å². The molecule has 1 heterocycles. The molecule has 2 amide bonds. The predicted molar refractivity (Wildman–Crippen MR) is 173 cm³/mol. The van der Waals surface area contributed by atoms with Crippen LogP contribution in [0.4, 0.5) is 4.79 Å². The quantitative estimate of drug-likeness (QED) is 0.170. The van der Waals surface area contributed by atoms with E-state index in [0.29, 0.717) is 18.7 Å². The number of amides is 2. The Kier molecular flexibility index (Phi) is 10.6. The Labute approximate surface area is 268 Å². The van der Waals surface area contributed by atoms with Gasteiger partial charge in [0.05, 0.1) is 18.0 Å². The van der Waals surface area contributed by atoms with Crippen LogP contribution in [0.3, 0.4) is 0 Å². The summed E-state index contributed by atoms with van der Waals surface area (Å²) in [6, 6.07) is 23.3. The van der Waals surface area contributed by atoms with E-state index in [2.05, 4.69) is 10.3 Å². The summed E-state index contributed by atoms with van der Waals surface area (Å²) >= 11 is 0. The summed E-state index contributed by atoms with van der Waals surface area (Å²) in [6.07, 6.45) is -0.640. The number of rotatable bonds is 14. The normalized spacial score (nSPS) is 13.6. The monoisotopic (exact) mass is 625 g/mol. The Morgan fingerprint density at radius 1 is 0.891 bits per heavy atom. The molecular formula is C36H39N3O7. The Morgan fingerprint density at radius 2 is 1.52 bits per heavy atom. The van der Waals surface area contributed by atoms with Crippen LogP contribution < -0.4 is 5.32 Å². The number of carboxylic acid groups (broad SMARTS) is 1. The van der Waals surface area contributed by atoms with Crippen LogP contribution >= 0.6 is 0 Å². The van der Waals surface area contributed by atoms with Gasteiger partial charge in [-0.3, -0.25) is 14.6 Å². The standard InChI is InChI=1S/C36H39N3O7/c1-4-44-35(45-5-2)23(3)39(21-25-13-10-12-24-14-11-19-37-33(24)25)34(42)31(20-32(40)41)38-36(43)46-22-30-28-17-8-6-15-26(28)27-16-7-9-18-29(27)30/h6-19,23,30-31,35H,4-5,20-22H2,1-3H3,(H,38,43)(H,40,41). The summed E-state index contributed by atoms with van der Waals surface area (Å²) in [5.41, 5.74) is 5.69. The molecule has 5 rings (SSSR count). The van der Waals surface area contributed by atoms with Crippen molar-refractivity contribution in [2.24, 2.45) is 0 Å². The summed E-state index contributed by atoms with van der Waals surface area (Å²) in [7, 11) is 0. The smallest absolute Gasteiger partial charge is 0.407 e. The average molecular weight is 626 g/mol. The summed E-state index contributed by atoms with van der Waals surface area (Å²) in [5, 5.41) is 13.2. The van der Waals surface area contributed by atoms with Gasteiger partial charge in [-0.25, -0.2) is 4.79 Å². The lowest BCUT2D eigenvalue weighted by Crippen LogP contribution is -2.55. The molecule has 0 saturated carbocycles. The van der Waals surface area contributed by atoms with Crippen molar-refractivity contribution < 1.29 is 33.7 Å². The van der Waals surface area contributed by atoms with Crippen molar-refractivity contribution in [3.8, 4) is 11.1 Å². The van der Waals surface area contributed by atoms with Gasteiger partial charge in [0.2, 0.25) is 5.91 Å². The first-order valence-electron chi connectivity index (χ1n) is 15.5. The van der Waals surface area contributed by atoms with E-state index < -0.39 is 42.8 Å².